The van der Waals surface area contributed by atoms with E-state index in [1.165, 1.54) is 22.3 Å². The standard InChI is InChI=1S/C17H13N/c18-10-11-9-16-12-5-1-3-7-14(12)17(11)15-8-4-2-6-13(15)16/h1-8,11,16-17H,9H2/t11-,16?,17?/m0/s1. The highest BCUT2D eigenvalue weighted by Crippen LogP contribution is 2.54. The van der Waals surface area contributed by atoms with Crippen molar-refractivity contribution in [2.45, 2.75) is 18.3 Å². The van der Waals surface area contributed by atoms with Gasteiger partial charge in [-0.15, -0.1) is 0 Å². The van der Waals surface area contributed by atoms with Gasteiger partial charge in [0.2, 0.25) is 0 Å². The van der Waals surface area contributed by atoms with Crippen molar-refractivity contribution in [3.8, 4) is 6.07 Å². The smallest absolute Gasteiger partial charge is 0.0666 e. The van der Waals surface area contributed by atoms with E-state index in [-0.39, 0.29) is 11.8 Å². The quantitative estimate of drug-likeness (QED) is 0.676. The van der Waals surface area contributed by atoms with E-state index in [9.17, 15) is 5.26 Å². The average Bonchev–Trinajstić information content (AvgIpc) is 2.47. The Hall–Kier alpha value is -2.07. The second-order valence-electron chi connectivity index (χ2n) is 5.26. The van der Waals surface area contributed by atoms with Crippen molar-refractivity contribution in [3.63, 3.8) is 0 Å². The lowest BCUT2D eigenvalue weighted by molar-refractivity contribution is 0.431. The van der Waals surface area contributed by atoms with Crippen molar-refractivity contribution in [1.29, 1.82) is 5.26 Å². The van der Waals surface area contributed by atoms with Crippen LogP contribution in [0.4, 0.5) is 0 Å². The van der Waals surface area contributed by atoms with Crippen molar-refractivity contribution < 1.29 is 0 Å². The normalized spacial score (nSPS) is 27.2. The maximum atomic E-state index is 9.41. The van der Waals surface area contributed by atoms with Crippen LogP contribution in [0.3, 0.4) is 0 Å². The lowest BCUT2D eigenvalue weighted by Gasteiger charge is -2.43. The molecular weight excluding hydrogens is 218 g/mol. The predicted molar refractivity (Wildman–Crippen MR) is 70.3 cm³/mol. The van der Waals surface area contributed by atoms with Gasteiger partial charge in [-0.3, -0.25) is 0 Å². The summed E-state index contributed by atoms with van der Waals surface area (Å²) in [6.45, 7) is 0. The van der Waals surface area contributed by atoms with Gasteiger partial charge in [-0.25, -0.2) is 0 Å². The second-order valence-corrected chi connectivity index (χ2v) is 5.26. The maximum absolute atomic E-state index is 9.41. The maximum Gasteiger partial charge on any atom is 0.0666 e. The first-order chi connectivity index (χ1) is 8.90. The molecule has 0 radical (unpaired) electrons. The van der Waals surface area contributed by atoms with Crippen molar-refractivity contribution in [1.82, 2.24) is 0 Å². The molecule has 1 atom stereocenters. The molecule has 2 aromatic carbocycles. The Morgan fingerprint density at radius 1 is 0.833 bits per heavy atom. The monoisotopic (exact) mass is 231 g/mol. The van der Waals surface area contributed by atoms with Crippen molar-refractivity contribution in [3.05, 3.63) is 70.8 Å². The van der Waals surface area contributed by atoms with Gasteiger partial charge in [-0.1, -0.05) is 48.5 Å². The number of nitrogens with zero attached hydrogens (tertiary/aromatic N) is 1. The third-order valence-electron chi connectivity index (χ3n) is 4.47. The fourth-order valence-electron chi connectivity index (χ4n) is 3.76. The van der Waals surface area contributed by atoms with E-state index in [0.29, 0.717) is 5.92 Å². The van der Waals surface area contributed by atoms with Gasteiger partial charge in [0.25, 0.3) is 0 Å². The molecule has 0 heterocycles. The molecule has 0 spiro atoms. The molecule has 0 unspecified atom stereocenters. The van der Waals surface area contributed by atoms with E-state index in [0.717, 1.165) is 6.42 Å². The Balaban J connectivity index is 2.04. The SMILES string of the molecule is N#C[C@@H]1CC2c3ccccc3C1c1ccccc12. The van der Waals surface area contributed by atoms with Crippen LogP contribution in [-0.4, -0.2) is 0 Å². The van der Waals surface area contributed by atoms with Gasteiger partial charge >= 0.3 is 0 Å². The molecule has 18 heavy (non-hydrogen) atoms. The van der Waals surface area contributed by atoms with Gasteiger partial charge in [0, 0.05) is 11.8 Å². The van der Waals surface area contributed by atoms with Crippen LogP contribution < -0.4 is 0 Å². The number of nitriles is 1. The Kier molecular flexibility index (Phi) is 1.91. The van der Waals surface area contributed by atoms with Gasteiger partial charge < -0.3 is 0 Å². The van der Waals surface area contributed by atoms with E-state index < -0.39 is 0 Å². The second kappa shape index (κ2) is 3.46. The molecule has 2 aromatic rings. The molecule has 3 aliphatic rings. The van der Waals surface area contributed by atoms with Crippen LogP contribution in [0.5, 0.6) is 0 Å². The molecule has 0 aromatic heterocycles. The van der Waals surface area contributed by atoms with E-state index >= 15 is 0 Å². The molecule has 86 valence electrons. The third kappa shape index (κ3) is 1.10. The fourth-order valence-corrected chi connectivity index (χ4v) is 3.76. The van der Waals surface area contributed by atoms with Crippen LogP contribution in [0, 0.1) is 17.2 Å². The highest BCUT2D eigenvalue weighted by atomic mass is 14.5. The summed E-state index contributed by atoms with van der Waals surface area (Å²) in [4.78, 5) is 0. The van der Waals surface area contributed by atoms with Crippen LogP contribution in [0.15, 0.2) is 48.5 Å². The highest BCUT2D eigenvalue weighted by Gasteiger charge is 2.42. The lowest BCUT2D eigenvalue weighted by Crippen LogP contribution is -2.31. The molecule has 0 N–H and O–H groups in total. The van der Waals surface area contributed by atoms with Crippen molar-refractivity contribution >= 4 is 0 Å². The minimum absolute atomic E-state index is 0.139. The third-order valence-corrected chi connectivity index (χ3v) is 4.47. The molecule has 1 heteroatoms. The summed E-state index contributed by atoms with van der Waals surface area (Å²) in [7, 11) is 0. The molecule has 0 saturated carbocycles. The van der Waals surface area contributed by atoms with E-state index in [4.69, 9.17) is 0 Å². The van der Waals surface area contributed by atoms with Gasteiger partial charge in [-0.2, -0.15) is 5.26 Å². The Morgan fingerprint density at radius 3 is 1.83 bits per heavy atom. The summed E-state index contributed by atoms with van der Waals surface area (Å²) in [5.74, 6) is 0.847. The number of hydrogen-bond donors (Lipinski definition) is 0. The fraction of sp³-hybridized carbons (Fsp3) is 0.235. The highest BCUT2D eigenvalue weighted by molar-refractivity contribution is 5.56. The summed E-state index contributed by atoms with van der Waals surface area (Å²) in [5.41, 5.74) is 5.62. The zero-order valence-corrected chi connectivity index (χ0v) is 10.0. The van der Waals surface area contributed by atoms with Crippen molar-refractivity contribution in [2.24, 2.45) is 5.92 Å². The van der Waals surface area contributed by atoms with Crippen LogP contribution in [0.25, 0.3) is 0 Å². The topological polar surface area (TPSA) is 23.8 Å². The lowest BCUT2D eigenvalue weighted by atomic mass is 9.59. The van der Waals surface area contributed by atoms with Gasteiger partial charge in [-0.05, 0) is 28.7 Å². The summed E-state index contributed by atoms with van der Waals surface area (Å²) in [6, 6.07) is 19.8. The molecule has 3 aliphatic carbocycles. The molecular formula is C17H13N. The Bertz CT molecular complexity index is 618. The van der Waals surface area contributed by atoms with Crippen molar-refractivity contribution in [2.75, 3.05) is 0 Å². The molecule has 0 aliphatic heterocycles. The van der Waals surface area contributed by atoms with Crippen LogP contribution in [0.1, 0.15) is 40.5 Å². The zero-order chi connectivity index (χ0) is 12.1. The first kappa shape index (κ1) is 9.91. The molecule has 0 saturated heterocycles. The molecule has 0 fully saturated rings. The minimum Gasteiger partial charge on any atom is -0.198 e. The summed E-state index contributed by atoms with van der Waals surface area (Å²) < 4.78 is 0. The molecule has 1 nitrogen and oxygen atoms in total. The summed E-state index contributed by atoms with van der Waals surface area (Å²) in [5, 5.41) is 9.41. The Labute approximate surface area is 107 Å². The summed E-state index contributed by atoms with van der Waals surface area (Å²) in [6.07, 6.45) is 0.981. The first-order valence-corrected chi connectivity index (χ1v) is 6.47. The Morgan fingerprint density at radius 2 is 1.33 bits per heavy atom. The minimum atomic E-state index is 0.139. The molecule has 5 rings (SSSR count). The number of fused-ring (bicyclic) bond motifs is 1. The van der Waals surface area contributed by atoms with E-state index in [1.54, 1.807) is 0 Å². The molecule has 0 amide bonds. The van der Waals surface area contributed by atoms with Crippen LogP contribution >= 0.6 is 0 Å². The molecule has 2 bridgehead atoms. The van der Waals surface area contributed by atoms with Crippen LogP contribution in [0.2, 0.25) is 0 Å². The van der Waals surface area contributed by atoms with Gasteiger partial charge in [0.15, 0.2) is 0 Å². The first-order valence-electron chi connectivity index (χ1n) is 6.47. The number of benzene rings is 2. The zero-order valence-electron chi connectivity index (χ0n) is 10.0. The number of hydrogen-bond acceptors (Lipinski definition) is 1. The van der Waals surface area contributed by atoms with Crippen LogP contribution in [-0.2, 0) is 0 Å². The average molecular weight is 231 g/mol. The van der Waals surface area contributed by atoms with Gasteiger partial charge in [0.1, 0.15) is 0 Å². The predicted octanol–water partition coefficient (Wildman–Crippen LogP) is 3.81. The van der Waals surface area contributed by atoms with E-state index in [1.807, 2.05) is 0 Å². The summed E-state index contributed by atoms with van der Waals surface area (Å²) >= 11 is 0. The van der Waals surface area contributed by atoms with Gasteiger partial charge in [0.05, 0.1) is 12.0 Å². The number of rotatable bonds is 0. The largest absolute Gasteiger partial charge is 0.198 e. The van der Waals surface area contributed by atoms with E-state index in [2.05, 4.69) is 54.6 Å².